The number of alkyl halides is 2. The van der Waals surface area contributed by atoms with Gasteiger partial charge in [-0.1, -0.05) is 0 Å². The Balaban J connectivity index is 0.00000294. The molecule has 14 heteroatoms. The summed E-state index contributed by atoms with van der Waals surface area (Å²) in [6, 6.07) is 20.0. The first-order chi connectivity index (χ1) is 18.9. The van der Waals surface area contributed by atoms with Gasteiger partial charge in [-0.15, -0.1) is 48.0 Å². The lowest BCUT2D eigenvalue weighted by Crippen LogP contribution is -2.36. The van der Waals surface area contributed by atoms with Gasteiger partial charge in [0.15, 0.2) is 5.96 Å². The maximum atomic E-state index is 12.9. The number of nitrogens with two attached hydrogens (primary N) is 1. The monoisotopic (exact) mass is 638 g/mol. The second kappa shape index (κ2) is 15.9. The van der Waals surface area contributed by atoms with E-state index in [-0.39, 0.29) is 49.1 Å². The van der Waals surface area contributed by atoms with Gasteiger partial charge in [-0.05, 0) is 66.7 Å². The quantitative estimate of drug-likeness (QED) is 0.0769. The Morgan fingerprint density at radius 1 is 0.902 bits per heavy atom. The van der Waals surface area contributed by atoms with Crippen LogP contribution in [0.2, 0.25) is 0 Å². The zero-order valence-electron chi connectivity index (χ0n) is 21.7. The molecular formula is C27H30Cl4N8O2. The van der Waals surface area contributed by atoms with Gasteiger partial charge in [0.25, 0.3) is 5.91 Å². The molecule has 0 saturated heterocycles. The number of aromatic amines is 1. The van der Waals surface area contributed by atoms with Crippen LogP contribution in [0.1, 0.15) is 10.4 Å². The maximum absolute atomic E-state index is 12.9. The van der Waals surface area contributed by atoms with Crippen LogP contribution in [0.25, 0.3) is 22.4 Å². The van der Waals surface area contributed by atoms with E-state index in [1.807, 2.05) is 42.5 Å². The number of guanidine groups is 1. The first-order valence-corrected chi connectivity index (χ1v) is 13.2. The van der Waals surface area contributed by atoms with Crippen molar-refractivity contribution in [3.63, 3.8) is 0 Å². The summed E-state index contributed by atoms with van der Waals surface area (Å²) in [7, 11) is 0. The van der Waals surface area contributed by atoms with Crippen molar-refractivity contribution in [2.45, 2.75) is 0 Å². The highest BCUT2D eigenvalue weighted by Crippen LogP contribution is 2.24. The number of carbonyl (C=O) groups excluding carboxylic acids is 2. The van der Waals surface area contributed by atoms with Gasteiger partial charge in [0.1, 0.15) is 5.82 Å². The number of halogens is 4. The summed E-state index contributed by atoms with van der Waals surface area (Å²) in [6.07, 6.45) is 0. The van der Waals surface area contributed by atoms with Crippen molar-refractivity contribution in [2.24, 2.45) is 5.73 Å². The number of hydrogen-bond acceptors (Lipinski definition) is 5. The minimum atomic E-state index is -0.317. The van der Waals surface area contributed by atoms with E-state index in [9.17, 15) is 9.59 Å². The van der Waals surface area contributed by atoms with Crippen molar-refractivity contribution in [1.82, 2.24) is 15.3 Å². The Morgan fingerprint density at radius 2 is 1.51 bits per heavy atom. The lowest BCUT2D eigenvalue weighted by atomic mass is 10.2. The Labute approximate surface area is 259 Å². The third-order valence-corrected chi connectivity index (χ3v) is 6.16. The molecular weight excluding hydrogens is 610 g/mol. The number of hydrogen-bond donors (Lipinski definition) is 6. The number of nitrogens with one attached hydrogen (secondary N) is 5. The van der Waals surface area contributed by atoms with Gasteiger partial charge in [0.05, 0.1) is 17.6 Å². The third kappa shape index (κ3) is 9.15. The number of fused-ring (bicyclic) bond motifs is 1. The van der Waals surface area contributed by atoms with Crippen LogP contribution in [0.5, 0.6) is 0 Å². The highest BCUT2D eigenvalue weighted by molar-refractivity contribution is 6.18. The summed E-state index contributed by atoms with van der Waals surface area (Å²) < 4.78 is 0. The maximum Gasteiger partial charge on any atom is 0.255 e. The zero-order chi connectivity index (χ0) is 27.8. The van der Waals surface area contributed by atoms with Crippen LogP contribution in [-0.4, -0.2) is 59.1 Å². The highest BCUT2D eigenvalue weighted by atomic mass is 35.5. The van der Waals surface area contributed by atoms with Crippen molar-refractivity contribution >= 4 is 93.9 Å². The van der Waals surface area contributed by atoms with Crippen LogP contribution in [0.4, 0.5) is 17.1 Å². The van der Waals surface area contributed by atoms with E-state index < -0.39 is 0 Å². The molecule has 4 aromatic rings. The number of imidazole rings is 1. The summed E-state index contributed by atoms with van der Waals surface area (Å²) >= 11 is 11.8. The molecule has 218 valence electrons. The molecule has 41 heavy (non-hydrogen) atoms. The highest BCUT2D eigenvalue weighted by Gasteiger charge is 2.12. The molecule has 0 atom stereocenters. The van der Waals surface area contributed by atoms with E-state index in [0.717, 1.165) is 16.8 Å². The second-order valence-electron chi connectivity index (χ2n) is 8.58. The summed E-state index contributed by atoms with van der Waals surface area (Å²) in [4.78, 5) is 34.8. The number of amides is 2. The molecule has 10 nitrogen and oxygen atoms in total. The molecule has 4 rings (SSSR count). The molecule has 1 aromatic heterocycles. The Kier molecular flexibility index (Phi) is 13.0. The van der Waals surface area contributed by atoms with Gasteiger partial charge in [-0.25, -0.2) is 4.98 Å². The molecule has 0 bridgehead atoms. The number of carbonyl (C=O) groups is 2. The van der Waals surface area contributed by atoms with Crippen molar-refractivity contribution in [1.29, 1.82) is 5.41 Å². The van der Waals surface area contributed by atoms with Crippen molar-refractivity contribution in [3.8, 4) is 11.4 Å². The fraction of sp³-hybridized carbons (Fsp3) is 0.185. The standard InChI is InChI=1S/C27H28Cl2N8O2.2ClH/c28-11-13-37(14-12-29)21-8-6-20(7-9-21)34-26(39)18-3-10-22-23(15-18)36-25(35-22)17-1-4-19(5-2-17)33-24(38)16-32-27(30)31;;/h1-10,15H,11-14,16H2,(H,33,38)(H,34,39)(H,35,36)(H4,30,31,32);2*1H. The number of nitrogens with zero attached hydrogens (tertiary/aromatic N) is 2. The molecule has 0 aliphatic rings. The molecule has 3 aromatic carbocycles. The smallest absolute Gasteiger partial charge is 0.255 e. The minimum absolute atomic E-state index is 0. The minimum Gasteiger partial charge on any atom is -0.370 e. The Morgan fingerprint density at radius 3 is 2.12 bits per heavy atom. The fourth-order valence-electron chi connectivity index (χ4n) is 3.91. The summed E-state index contributed by atoms with van der Waals surface area (Å²) in [5.41, 5.74) is 10.2. The van der Waals surface area contributed by atoms with Gasteiger partial charge < -0.3 is 31.6 Å². The number of aromatic nitrogens is 2. The molecule has 0 saturated carbocycles. The number of H-pyrrole nitrogens is 1. The first-order valence-electron chi connectivity index (χ1n) is 12.1. The van der Waals surface area contributed by atoms with E-state index >= 15 is 0 Å². The third-order valence-electron chi connectivity index (χ3n) is 5.83. The molecule has 0 spiro atoms. The van der Waals surface area contributed by atoms with E-state index in [2.05, 4.69) is 30.8 Å². The summed E-state index contributed by atoms with van der Waals surface area (Å²) in [5, 5.41) is 15.2. The van der Waals surface area contributed by atoms with Gasteiger partial charge in [-0.3, -0.25) is 15.0 Å². The molecule has 7 N–H and O–H groups in total. The van der Waals surface area contributed by atoms with Crippen LogP contribution >= 0.6 is 48.0 Å². The molecule has 0 radical (unpaired) electrons. The molecule has 1 heterocycles. The van der Waals surface area contributed by atoms with Gasteiger partial charge in [-0.2, -0.15) is 0 Å². The van der Waals surface area contributed by atoms with Crippen molar-refractivity contribution < 1.29 is 9.59 Å². The Hall–Kier alpha value is -3.70. The van der Waals surface area contributed by atoms with Crippen molar-refractivity contribution in [2.75, 3.05) is 46.9 Å². The molecule has 0 aliphatic carbocycles. The predicted molar refractivity (Wildman–Crippen MR) is 173 cm³/mol. The van der Waals surface area contributed by atoms with Crippen LogP contribution in [0.15, 0.2) is 66.7 Å². The molecule has 2 amide bonds. The van der Waals surface area contributed by atoms with Crippen LogP contribution in [0.3, 0.4) is 0 Å². The number of benzene rings is 3. The van der Waals surface area contributed by atoms with Gasteiger partial charge in [0, 0.05) is 53.0 Å². The van der Waals surface area contributed by atoms with E-state index in [4.69, 9.17) is 34.3 Å². The zero-order valence-corrected chi connectivity index (χ0v) is 24.9. The number of anilines is 3. The second-order valence-corrected chi connectivity index (χ2v) is 9.33. The number of rotatable bonds is 11. The lowest BCUT2D eigenvalue weighted by Gasteiger charge is -2.23. The van der Waals surface area contributed by atoms with Crippen LogP contribution < -0.4 is 26.6 Å². The van der Waals surface area contributed by atoms with Crippen molar-refractivity contribution in [3.05, 3.63) is 72.3 Å². The lowest BCUT2D eigenvalue weighted by molar-refractivity contribution is -0.115. The van der Waals surface area contributed by atoms with Gasteiger partial charge in [0.2, 0.25) is 5.91 Å². The van der Waals surface area contributed by atoms with E-state index in [0.29, 0.717) is 53.1 Å². The topological polar surface area (TPSA) is 152 Å². The summed E-state index contributed by atoms with van der Waals surface area (Å²) in [5.74, 6) is 0.797. The van der Waals surface area contributed by atoms with Crippen LogP contribution in [-0.2, 0) is 4.79 Å². The predicted octanol–water partition coefficient (Wildman–Crippen LogP) is 5.03. The average Bonchev–Trinajstić information content (AvgIpc) is 3.36. The van der Waals surface area contributed by atoms with Crippen LogP contribution in [0, 0.1) is 5.41 Å². The summed E-state index contributed by atoms with van der Waals surface area (Å²) in [6.45, 7) is 1.28. The molecule has 0 unspecified atom stereocenters. The Bertz CT molecular complexity index is 1460. The SMILES string of the molecule is Cl.Cl.N=C(N)NCC(=O)Nc1ccc(-c2nc3cc(C(=O)Nc4ccc(N(CCCl)CCCl)cc4)ccc3[nH]2)cc1. The fourth-order valence-corrected chi connectivity index (χ4v) is 4.32. The molecule has 0 aliphatic heterocycles. The normalized spacial score (nSPS) is 10.2. The largest absolute Gasteiger partial charge is 0.370 e. The average molecular weight is 640 g/mol. The first kappa shape index (κ1) is 33.5. The molecule has 0 fully saturated rings. The van der Waals surface area contributed by atoms with E-state index in [1.54, 1.807) is 24.3 Å². The van der Waals surface area contributed by atoms with E-state index in [1.165, 1.54) is 0 Å². The van der Waals surface area contributed by atoms with Gasteiger partial charge >= 0.3 is 0 Å².